The van der Waals surface area contributed by atoms with Crippen molar-refractivity contribution in [3.8, 4) is 11.4 Å². The Hall–Kier alpha value is -4.98. The van der Waals surface area contributed by atoms with Gasteiger partial charge in [-0.2, -0.15) is 5.10 Å². The lowest BCUT2D eigenvalue weighted by molar-refractivity contribution is -0.110. The van der Waals surface area contributed by atoms with E-state index in [1.165, 1.54) is 0 Å². The summed E-state index contributed by atoms with van der Waals surface area (Å²) in [5.41, 5.74) is 2.74. The molecule has 252 valence electrons. The smallest absolute Gasteiger partial charge is 0.419 e. The molecule has 1 aliphatic heterocycles. The van der Waals surface area contributed by atoms with Crippen LogP contribution >= 0.6 is 0 Å². The number of imide groups is 1. The number of H-pyrrole nitrogens is 1. The molecule has 47 heavy (non-hydrogen) atoms. The first kappa shape index (κ1) is 34.9. The van der Waals surface area contributed by atoms with E-state index >= 15 is 0 Å². The molecule has 0 fully saturated rings. The van der Waals surface area contributed by atoms with Gasteiger partial charge in [0.15, 0.2) is 0 Å². The van der Waals surface area contributed by atoms with E-state index in [4.69, 9.17) is 18.9 Å². The summed E-state index contributed by atoms with van der Waals surface area (Å²) in [6.07, 6.45) is 3.19. The molecule has 4 heterocycles. The van der Waals surface area contributed by atoms with E-state index in [-0.39, 0.29) is 32.3 Å². The van der Waals surface area contributed by atoms with Crippen molar-refractivity contribution in [2.45, 2.75) is 73.1 Å². The number of aryl methyl sites for hydroxylation is 1. The van der Waals surface area contributed by atoms with Crippen LogP contribution in [0.1, 0.15) is 75.8 Å². The molecule has 1 aliphatic rings. The number of esters is 1. The number of pyridine rings is 1. The molecule has 2 N–H and O–H groups in total. The minimum absolute atomic E-state index is 0.0418. The number of carbonyl (C=O) groups excluding carboxylic acids is 4. The van der Waals surface area contributed by atoms with Crippen LogP contribution in [0.2, 0.25) is 0 Å². The summed E-state index contributed by atoms with van der Waals surface area (Å²) in [7, 11) is 0. The Morgan fingerprint density at radius 3 is 2.34 bits per heavy atom. The molecule has 0 bridgehead atoms. The second kappa shape index (κ2) is 14.2. The van der Waals surface area contributed by atoms with Crippen molar-refractivity contribution in [3.63, 3.8) is 0 Å². The molecule has 14 nitrogen and oxygen atoms in total. The molecule has 0 aromatic carbocycles. The highest BCUT2D eigenvalue weighted by atomic mass is 16.6. The van der Waals surface area contributed by atoms with Crippen LogP contribution in [0, 0.1) is 6.92 Å². The molecule has 0 saturated heterocycles. The normalized spacial score (nSPS) is 13.7. The van der Waals surface area contributed by atoms with Crippen LogP contribution in [0.25, 0.3) is 23.0 Å². The number of aromatic nitrogens is 4. The second-order valence-corrected chi connectivity index (χ2v) is 12.8. The van der Waals surface area contributed by atoms with E-state index in [0.29, 0.717) is 46.0 Å². The fourth-order valence-corrected chi connectivity index (χ4v) is 4.65. The maximum atomic E-state index is 13.0. The van der Waals surface area contributed by atoms with Crippen molar-refractivity contribution in [2.24, 2.45) is 0 Å². The van der Waals surface area contributed by atoms with Crippen molar-refractivity contribution < 1.29 is 38.1 Å². The van der Waals surface area contributed by atoms with Crippen molar-refractivity contribution in [1.82, 2.24) is 24.6 Å². The number of rotatable bonds is 10. The lowest BCUT2D eigenvalue weighted by Crippen LogP contribution is -2.45. The van der Waals surface area contributed by atoms with Crippen LogP contribution < -0.4 is 5.32 Å². The molecule has 0 atom stereocenters. The molecular weight excluding hydrogens is 608 g/mol. The fraction of sp³-hybridized carbons (Fsp3) is 0.455. The van der Waals surface area contributed by atoms with Gasteiger partial charge in [0.25, 0.3) is 5.91 Å². The molecule has 3 aromatic rings. The third-order valence-corrected chi connectivity index (χ3v) is 6.57. The highest BCUT2D eigenvalue weighted by Crippen LogP contribution is 2.35. The number of carbonyl (C=O) groups is 4. The Morgan fingerprint density at radius 2 is 1.70 bits per heavy atom. The number of hydrogen-bond acceptors (Lipinski definition) is 10. The van der Waals surface area contributed by atoms with Crippen molar-refractivity contribution in [2.75, 3.05) is 31.7 Å². The molecule has 0 radical (unpaired) electrons. The predicted octanol–water partition coefficient (Wildman–Crippen LogP) is 5.44. The summed E-state index contributed by atoms with van der Waals surface area (Å²) in [6, 6.07) is 5.26. The topological polar surface area (TPSA) is 167 Å². The van der Waals surface area contributed by atoms with Gasteiger partial charge in [-0.3, -0.25) is 14.5 Å². The highest BCUT2D eigenvalue weighted by Gasteiger charge is 2.31. The van der Waals surface area contributed by atoms with Crippen LogP contribution in [0.3, 0.4) is 0 Å². The zero-order valence-corrected chi connectivity index (χ0v) is 28.1. The summed E-state index contributed by atoms with van der Waals surface area (Å²) in [5, 5.41) is 7.21. The van der Waals surface area contributed by atoms with E-state index in [1.54, 1.807) is 89.8 Å². The second-order valence-electron chi connectivity index (χ2n) is 12.8. The molecule has 4 rings (SSSR count). The summed E-state index contributed by atoms with van der Waals surface area (Å²) < 4.78 is 23.4. The standard InChI is InChI=1S/C33H42N6O8/c1-9-45-29(41)23-16-20(2)36-24(23)18-22-21-17-25(34-19-26(21)37-28(22)40)27-10-11-35-39(27)13-15-44-14-12-38(30(42)46-32(3,4)5)31(43)47-33(6,7)8/h10-11,16-19,36H,9,12-15H2,1-8H3,(H,37,40)/b22-18-. The molecule has 0 unspecified atom stereocenters. The summed E-state index contributed by atoms with van der Waals surface area (Å²) in [6.45, 7) is 14.6. The Labute approximate surface area is 273 Å². The van der Waals surface area contributed by atoms with Gasteiger partial charge in [-0.25, -0.2) is 19.3 Å². The maximum Gasteiger partial charge on any atom is 0.419 e. The number of hydrogen-bond donors (Lipinski definition) is 2. The molecule has 3 aromatic heterocycles. The zero-order chi connectivity index (χ0) is 34.5. The summed E-state index contributed by atoms with van der Waals surface area (Å²) in [5.74, 6) is -0.805. The Morgan fingerprint density at radius 1 is 1.02 bits per heavy atom. The molecule has 0 saturated carbocycles. The van der Waals surface area contributed by atoms with Crippen molar-refractivity contribution in [3.05, 3.63) is 53.1 Å². The summed E-state index contributed by atoms with van der Waals surface area (Å²) >= 11 is 0. The number of amides is 3. The van der Waals surface area contributed by atoms with Crippen LogP contribution in [-0.4, -0.2) is 86.3 Å². The van der Waals surface area contributed by atoms with Gasteiger partial charge >= 0.3 is 18.2 Å². The molecule has 14 heteroatoms. The lowest BCUT2D eigenvalue weighted by Gasteiger charge is -2.28. The Bertz CT molecular complexity index is 1650. The van der Waals surface area contributed by atoms with Gasteiger partial charge in [-0.1, -0.05) is 0 Å². The van der Waals surface area contributed by atoms with Crippen LogP contribution in [0.4, 0.5) is 15.3 Å². The minimum Gasteiger partial charge on any atom is -0.462 e. The van der Waals surface area contributed by atoms with Crippen molar-refractivity contribution in [1.29, 1.82) is 0 Å². The van der Waals surface area contributed by atoms with Gasteiger partial charge in [0.2, 0.25) is 0 Å². The zero-order valence-electron chi connectivity index (χ0n) is 28.1. The number of ether oxygens (including phenoxy) is 4. The average Bonchev–Trinajstić information content (AvgIpc) is 3.65. The van der Waals surface area contributed by atoms with Gasteiger partial charge in [-0.15, -0.1) is 0 Å². The largest absolute Gasteiger partial charge is 0.462 e. The van der Waals surface area contributed by atoms with E-state index < -0.39 is 29.4 Å². The molecule has 0 spiro atoms. The van der Waals surface area contributed by atoms with Gasteiger partial charge in [0.05, 0.1) is 73.0 Å². The van der Waals surface area contributed by atoms with E-state index in [0.717, 1.165) is 10.6 Å². The number of anilines is 1. The number of aromatic amines is 1. The quantitative estimate of drug-likeness (QED) is 0.125. The SMILES string of the molecule is CCOC(=O)c1cc(C)[nH]c1/C=C1\C(=O)Nc2cnc(-c3ccnn3CCOCCN(C(=O)OC(C)(C)C)C(=O)OC(C)(C)C)cc21. The summed E-state index contributed by atoms with van der Waals surface area (Å²) in [4.78, 5) is 59.4. The van der Waals surface area contributed by atoms with Gasteiger partial charge in [0.1, 0.15) is 11.2 Å². The van der Waals surface area contributed by atoms with Crippen LogP contribution in [0.15, 0.2) is 30.6 Å². The van der Waals surface area contributed by atoms with E-state index in [1.807, 2.05) is 6.92 Å². The Kier molecular flexibility index (Phi) is 10.5. The predicted molar refractivity (Wildman–Crippen MR) is 173 cm³/mol. The number of fused-ring (bicyclic) bond motifs is 1. The van der Waals surface area contributed by atoms with E-state index in [2.05, 4.69) is 20.4 Å². The van der Waals surface area contributed by atoms with Crippen LogP contribution in [0.5, 0.6) is 0 Å². The third-order valence-electron chi connectivity index (χ3n) is 6.57. The first-order valence-corrected chi connectivity index (χ1v) is 15.3. The lowest BCUT2D eigenvalue weighted by atomic mass is 10.0. The van der Waals surface area contributed by atoms with E-state index in [9.17, 15) is 19.2 Å². The van der Waals surface area contributed by atoms with Gasteiger partial charge in [-0.05, 0) is 79.7 Å². The number of nitrogens with zero attached hydrogens (tertiary/aromatic N) is 4. The van der Waals surface area contributed by atoms with Gasteiger partial charge in [0, 0.05) is 17.5 Å². The first-order valence-electron chi connectivity index (χ1n) is 15.3. The fourth-order valence-electron chi connectivity index (χ4n) is 4.65. The van der Waals surface area contributed by atoms with Crippen LogP contribution in [-0.2, 0) is 30.3 Å². The highest BCUT2D eigenvalue weighted by molar-refractivity contribution is 6.35. The number of nitrogens with one attached hydrogen (secondary N) is 2. The average molecular weight is 651 g/mol. The van der Waals surface area contributed by atoms with Gasteiger partial charge < -0.3 is 29.2 Å². The maximum absolute atomic E-state index is 13.0. The molecule has 0 aliphatic carbocycles. The molecule has 3 amide bonds. The Balaban J connectivity index is 1.45. The third kappa shape index (κ3) is 9.06. The molecular formula is C33H42N6O8. The van der Waals surface area contributed by atoms with Crippen molar-refractivity contribution >= 4 is 41.4 Å². The first-order chi connectivity index (χ1) is 22.1. The monoisotopic (exact) mass is 650 g/mol. The minimum atomic E-state index is -0.822.